The van der Waals surface area contributed by atoms with Gasteiger partial charge in [0.1, 0.15) is 0 Å². The van der Waals surface area contributed by atoms with Gasteiger partial charge >= 0.3 is 0 Å². The molecule has 2 rings (SSSR count). The zero-order chi connectivity index (χ0) is 11.8. The summed E-state index contributed by atoms with van der Waals surface area (Å²) in [6, 6.07) is 5.35. The Hall–Kier alpha value is -0.910. The number of hydrogen-bond donors (Lipinski definition) is 2. The number of benzene rings is 1. The summed E-state index contributed by atoms with van der Waals surface area (Å²) in [5.41, 5.74) is 7.66. The second-order valence-corrected chi connectivity index (χ2v) is 6.13. The standard InChI is InChI=1S/C11H16N2O2S/c1-13-11(12)9-4-5-10-8(7-9)3-2-6-16(10,14)15/h4-5,7,11,13H,2-3,6,12H2,1H3. The third kappa shape index (κ3) is 1.98. The summed E-state index contributed by atoms with van der Waals surface area (Å²) in [4.78, 5) is 0.478. The summed E-state index contributed by atoms with van der Waals surface area (Å²) in [5.74, 6) is 0.261. The highest BCUT2D eigenvalue weighted by Crippen LogP contribution is 2.26. The molecule has 0 spiro atoms. The number of nitrogens with one attached hydrogen (secondary N) is 1. The second kappa shape index (κ2) is 4.16. The predicted octanol–water partition coefficient (Wildman–Crippen LogP) is 0.583. The van der Waals surface area contributed by atoms with E-state index in [0.29, 0.717) is 11.3 Å². The Morgan fingerprint density at radius 3 is 2.88 bits per heavy atom. The van der Waals surface area contributed by atoms with Crippen molar-refractivity contribution in [1.82, 2.24) is 5.32 Å². The fraction of sp³-hybridized carbons (Fsp3) is 0.455. The van der Waals surface area contributed by atoms with Crippen molar-refractivity contribution in [2.45, 2.75) is 23.9 Å². The third-order valence-corrected chi connectivity index (χ3v) is 4.84. The smallest absolute Gasteiger partial charge is 0.178 e. The molecule has 5 heteroatoms. The number of nitrogens with two attached hydrogens (primary N) is 1. The summed E-state index contributed by atoms with van der Waals surface area (Å²) < 4.78 is 23.6. The van der Waals surface area contributed by atoms with Crippen molar-refractivity contribution in [3.8, 4) is 0 Å². The summed E-state index contributed by atoms with van der Waals surface area (Å²) >= 11 is 0. The van der Waals surface area contributed by atoms with Crippen LogP contribution in [0, 0.1) is 0 Å². The highest BCUT2D eigenvalue weighted by atomic mass is 32.2. The molecular weight excluding hydrogens is 224 g/mol. The topological polar surface area (TPSA) is 72.2 Å². The average molecular weight is 240 g/mol. The monoisotopic (exact) mass is 240 g/mol. The molecule has 1 aliphatic heterocycles. The first-order valence-electron chi connectivity index (χ1n) is 5.33. The number of aryl methyl sites for hydroxylation is 1. The highest BCUT2D eigenvalue weighted by molar-refractivity contribution is 7.91. The lowest BCUT2D eigenvalue weighted by molar-refractivity contribution is 0.584. The molecule has 1 heterocycles. The first-order chi connectivity index (χ1) is 7.54. The van der Waals surface area contributed by atoms with E-state index in [0.717, 1.165) is 17.5 Å². The van der Waals surface area contributed by atoms with Gasteiger partial charge in [0.2, 0.25) is 0 Å². The van der Waals surface area contributed by atoms with E-state index in [4.69, 9.17) is 5.73 Å². The van der Waals surface area contributed by atoms with Crippen molar-refractivity contribution in [3.63, 3.8) is 0 Å². The quantitative estimate of drug-likeness (QED) is 0.742. The average Bonchev–Trinajstić information content (AvgIpc) is 2.27. The zero-order valence-electron chi connectivity index (χ0n) is 9.23. The van der Waals surface area contributed by atoms with E-state index >= 15 is 0 Å². The first kappa shape index (κ1) is 11.6. The van der Waals surface area contributed by atoms with Crippen LogP contribution in [0.3, 0.4) is 0 Å². The van der Waals surface area contributed by atoms with Gasteiger partial charge in [0.15, 0.2) is 9.84 Å². The van der Waals surface area contributed by atoms with Crippen LogP contribution in [0.15, 0.2) is 23.1 Å². The van der Waals surface area contributed by atoms with E-state index in [2.05, 4.69) is 5.32 Å². The maximum Gasteiger partial charge on any atom is 0.178 e. The molecule has 3 N–H and O–H groups in total. The highest BCUT2D eigenvalue weighted by Gasteiger charge is 2.23. The molecule has 0 saturated carbocycles. The van der Waals surface area contributed by atoms with E-state index in [9.17, 15) is 8.42 Å². The van der Waals surface area contributed by atoms with Gasteiger partial charge in [-0.1, -0.05) is 12.1 Å². The van der Waals surface area contributed by atoms with Gasteiger partial charge in [-0.2, -0.15) is 0 Å². The summed E-state index contributed by atoms with van der Waals surface area (Å²) in [5, 5.41) is 2.94. The molecule has 0 aromatic heterocycles. The molecule has 0 amide bonds. The molecule has 0 fully saturated rings. The minimum atomic E-state index is -3.05. The van der Waals surface area contributed by atoms with Gasteiger partial charge in [0.25, 0.3) is 0 Å². The Balaban J connectivity index is 2.48. The first-order valence-corrected chi connectivity index (χ1v) is 6.98. The molecule has 0 saturated heterocycles. The molecule has 1 aliphatic rings. The molecule has 88 valence electrons. The van der Waals surface area contributed by atoms with Crippen LogP contribution < -0.4 is 11.1 Å². The van der Waals surface area contributed by atoms with Gasteiger partial charge in [-0.05, 0) is 37.1 Å². The van der Waals surface area contributed by atoms with Crippen LogP contribution in [-0.4, -0.2) is 21.2 Å². The van der Waals surface area contributed by atoms with Crippen molar-refractivity contribution in [1.29, 1.82) is 0 Å². The number of fused-ring (bicyclic) bond motifs is 1. The Kier molecular flexibility index (Phi) is 3.01. The van der Waals surface area contributed by atoms with Crippen LogP contribution in [0.4, 0.5) is 0 Å². The lowest BCUT2D eigenvalue weighted by Crippen LogP contribution is -2.25. The van der Waals surface area contributed by atoms with Gasteiger partial charge in [0.05, 0.1) is 16.8 Å². The van der Waals surface area contributed by atoms with Gasteiger partial charge < -0.3 is 11.1 Å². The maximum atomic E-state index is 11.8. The second-order valence-electron chi connectivity index (χ2n) is 4.06. The fourth-order valence-corrected chi connectivity index (χ4v) is 3.60. The Morgan fingerprint density at radius 1 is 1.44 bits per heavy atom. The molecule has 0 aliphatic carbocycles. The molecule has 1 aromatic carbocycles. The summed E-state index contributed by atoms with van der Waals surface area (Å²) in [6.07, 6.45) is 1.28. The minimum Gasteiger partial charge on any atom is -0.312 e. The van der Waals surface area contributed by atoms with Crippen molar-refractivity contribution < 1.29 is 8.42 Å². The normalized spacial score (nSPS) is 20.1. The Morgan fingerprint density at radius 2 is 2.19 bits per heavy atom. The van der Waals surface area contributed by atoms with Gasteiger partial charge in [0, 0.05) is 0 Å². The maximum absolute atomic E-state index is 11.8. The lowest BCUT2D eigenvalue weighted by atomic mass is 10.0. The Labute approximate surface area is 95.8 Å². The summed E-state index contributed by atoms with van der Waals surface area (Å²) in [6.45, 7) is 0. The molecule has 1 aromatic rings. The molecule has 0 radical (unpaired) electrons. The number of sulfone groups is 1. The van der Waals surface area contributed by atoms with Gasteiger partial charge in [-0.3, -0.25) is 0 Å². The third-order valence-electron chi connectivity index (χ3n) is 2.95. The Bertz CT molecular complexity index is 497. The number of rotatable bonds is 2. The fourth-order valence-electron chi connectivity index (χ4n) is 2.02. The number of hydrogen-bond acceptors (Lipinski definition) is 4. The van der Waals surface area contributed by atoms with E-state index < -0.39 is 9.84 Å². The predicted molar refractivity (Wildman–Crippen MR) is 62.8 cm³/mol. The molecule has 1 atom stereocenters. The van der Waals surface area contributed by atoms with Crippen molar-refractivity contribution in [3.05, 3.63) is 29.3 Å². The van der Waals surface area contributed by atoms with Crippen LogP contribution in [0.2, 0.25) is 0 Å². The largest absolute Gasteiger partial charge is 0.312 e. The van der Waals surface area contributed by atoms with E-state index in [-0.39, 0.29) is 11.9 Å². The molecule has 16 heavy (non-hydrogen) atoms. The van der Waals surface area contributed by atoms with E-state index in [1.54, 1.807) is 19.2 Å². The van der Waals surface area contributed by atoms with Gasteiger partial charge in [-0.15, -0.1) is 0 Å². The van der Waals surface area contributed by atoms with E-state index in [1.807, 2.05) is 6.07 Å². The molecule has 0 bridgehead atoms. The van der Waals surface area contributed by atoms with Gasteiger partial charge in [-0.25, -0.2) is 8.42 Å². The minimum absolute atomic E-state index is 0.241. The SMILES string of the molecule is CNC(N)c1ccc2c(c1)CCCS2(=O)=O. The van der Waals surface area contributed by atoms with E-state index in [1.165, 1.54) is 0 Å². The lowest BCUT2D eigenvalue weighted by Gasteiger charge is -2.19. The molecular formula is C11H16N2O2S. The zero-order valence-corrected chi connectivity index (χ0v) is 10.0. The van der Waals surface area contributed by atoms with Crippen LogP contribution >= 0.6 is 0 Å². The van der Waals surface area contributed by atoms with Crippen LogP contribution in [0.25, 0.3) is 0 Å². The van der Waals surface area contributed by atoms with Crippen molar-refractivity contribution >= 4 is 9.84 Å². The summed E-state index contributed by atoms with van der Waals surface area (Å²) in [7, 11) is -1.27. The van der Waals surface area contributed by atoms with Crippen molar-refractivity contribution in [2.75, 3.05) is 12.8 Å². The van der Waals surface area contributed by atoms with Crippen LogP contribution in [0.1, 0.15) is 23.7 Å². The van der Waals surface area contributed by atoms with Crippen LogP contribution in [-0.2, 0) is 16.3 Å². The van der Waals surface area contributed by atoms with Crippen LogP contribution in [0.5, 0.6) is 0 Å². The van der Waals surface area contributed by atoms with Crippen molar-refractivity contribution in [2.24, 2.45) is 5.73 Å². The molecule has 1 unspecified atom stereocenters. The molecule has 4 nitrogen and oxygen atoms in total.